The van der Waals surface area contributed by atoms with Gasteiger partial charge in [-0.25, -0.2) is 4.79 Å². The van der Waals surface area contributed by atoms with Gasteiger partial charge in [-0.15, -0.1) is 0 Å². The van der Waals surface area contributed by atoms with Gasteiger partial charge in [0.05, 0.1) is 5.60 Å². The zero-order valence-corrected chi connectivity index (χ0v) is 14.9. The molecule has 0 saturated heterocycles. The SMILES string of the molecule is CN(C)CC(Cc1ccccc1)NC(=O)NCC1(O)CCCCC1. The molecule has 3 N–H and O–H groups in total. The Bertz CT molecular complexity index is 499. The van der Waals surface area contributed by atoms with Crippen molar-refractivity contribution in [2.45, 2.75) is 50.2 Å². The number of hydrogen-bond donors (Lipinski definition) is 3. The van der Waals surface area contributed by atoms with Crippen molar-refractivity contribution >= 4 is 6.03 Å². The number of benzene rings is 1. The van der Waals surface area contributed by atoms with E-state index in [1.165, 1.54) is 12.0 Å². The first-order valence-electron chi connectivity index (χ1n) is 8.92. The number of urea groups is 1. The topological polar surface area (TPSA) is 64.6 Å². The van der Waals surface area contributed by atoms with Crippen LogP contribution in [0.2, 0.25) is 0 Å². The molecule has 1 unspecified atom stereocenters. The molecule has 24 heavy (non-hydrogen) atoms. The number of nitrogens with zero attached hydrogens (tertiary/aromatic N) is 1. The van der Waals surface area contributed by atoms with E-state index in [9.17, 15) is 9.90 Å². The first-order valence-corrected chi connectivity index (χ1v) is 8.92. The highest BCUT2D eigenvalue weighted by Gasteiger charge is 2.29. The van der Waals surface area contributed by atoms with Crippen LogP contribution in [0.1, 0.15) is 37.7 Å². The highest BCUT2D eigenvalue weighted by Crippen LogP contribution is 2.27. The van der Waals surface area contributed by atoms with E-state index in [0.717, 1.165) is 38.6 Å². The molecule has 1 atom stereocenters. The molecule has 0 bridgehead atoms. The van der Waals surface area contributed by atoms with E-state index in [-0.39, 0.29) is 12.1 Å². The summed E-state index contributed by atoms with van der Waals surface area (Å²) in [4.78, 5) is 14.3. The summed E-state index contributed by atoms with van der Waals surface area (Å²) in [6.45, 7) is 1.10. The Morgan fingerprint density at radius 2 is 1.88 bits per heavy atom. The van der Waals surface area contributed by atoms with E-state index in [1.54, 1.807) is 0 Å². The predicted molar refractivity (Wildman–Crippen MR) is 97.1 cm³/mol. The second-order valence-electron chi connectivity index (χ2n) is 7.26. The highest BCUT2D eigenvalue weighted by atomic mass is 16.3. The second kappa shape index (κ2) is 9.04. The summed E-state index contributed by atoms with van der Waals surface area (Å²) in [6, 6.07) is 10.0. The van der Waals surface area contributed by atoms with Crippen LogP contribution in [0, 0.1) is 0 Å². The molecule has 0 aliphatic heterocycles. The van der Waals surface area contributed by atoms with Crippen molar-refractivity contribution in [1.82, 2.24) is 15.5 Å². The molecule has 1 aromatic rings. The van der Waals surface area contributed by atoms with Crippen LogP contribution in [0.4, 0.5) is 4.79 Å². The molecule has 1 aliphatic rings. The maximum atomic E-state index is 12.3. The van der Waals surface area contributed by atoms with Crippen LogP contribution >= 0.6 is 0 Å². The fourth-order valence-corrected chi connectivity index (χ4v) is 3.37. The van der Waals surface area contributed by atoms with Gasteiger partial charge in [-0.2, -0.15) is 0 Å². The minimum Gasteiger partial charge on any atom is -0.388 e. The van der Waals surface area contributed by atoms with Gasteiger partial charge in [-0.05, 0) is 38.9 Å². The number of carbonyl (C=O) groups excluding carboxylic acids is 1. The molecule has 1 saturated carbocycles. The monoisotopic (exact) mass is 333 g/mol. The third kappa shape index (κ3) is 6.49. The number of aliphatic hydroxyl groups is 1. The number of likely N-dealkylation sites (N-methyl/N-ethyl adjacent to an activating group) is 1. The lowest BCUT2D eigenvalue weighted by molar-refractivity contribution is 0.00710. The van der Waals surface area contributed by atoms with Gasteiger partial charge in [-0.1, -0.05) is 49.6 Å². The quantitative estimate of drug-likeness (QED) is 0.716. The van der Waals surface area contributed by atoms with Gasteiger partial charge in [-0.3, -0.25) is 0 Å². The normalized spacial score (nSPS) is 18.2. The van der Waals surface area contributed by atoms with Crippen LogP contribution in [0.15, 0.2) is 30.3 Å². The summed E-state index contributed by atoms with van der Waals surface area (Å²) in [6.07, 6.45) is 5.60. The lowest BCUT2D eigenvalue weighted by Gasteiger charge is -2.32. The van der Waals surface area contributed by atoms with Gasteiger partial charge < -0.3 is 20.6 Å². The minimum absolute atomic E-state index is 0.0309. The van der Waals surface area contributed by atoms with Crippen LogP contribution in [-0.2, 0) is 6.42 Å². The Kier molecular flexibility index (Phi) is 7.06. The van der Waals surface area contributed by atoms with Gasteiger partial charge in [0.1, 0.15) is 0 Å². The Balaban J connectivity index is 1.84. The van der Waals surface area contributed by atoms with Crippen molar-refractivity contribution in [2.24, 2.45) is 0 Å². The van der Waals surface area contributed by atoms with Gasteiger partial charge in [0, 0.05) is 19.1 Å². The van der Waals surface area contributed by atoms with Crippen molar-refractivity contribution in [3.05, 3.63) is 35.9 Å². The van der Waals surface area contributed by atoms with Crippen molar-refractivity contribution in [3.63, 3.8) is 0 Å². The molecule has 1 fully saturated rings. The van der Waals surface area contributed by atoms with Crippen LogP contribution < -0.4 is 10.6 Å². The van der Waals surface area contributed by atoms with Crippen LogP contribution in [0.5, 0.6) is 0 Å². The Hall–Kier alpha value is -1.59. The molecule has 0 spiro atoms. The second-order valence-corrected chi connectivity index (χ2v) is 7.26. The van der Waals surface area contributed by atoms with E-state index < -0.39 is 5.60 Å². The molecular formula is C19H31N3O2. The maximum absolute atomic E-state index is 12.3. The molecule has 2 amide bonds. The molecule has 5 nitrogen and oxygen atoms in total. The molecule has 2 rings (SSSR count). The van der Waals surface area contributed by atoms with Crippen LogP contribution in [0.25, 0.3) is 0 Å². The van der Waals surface area contributed by atoms with Gasteiger partial charge in [0.15, 0.2) is 0 Å². The van der Waals surface area contributed by atoms with E-state index in [4.69, 9.17) is 0 Å². The minimum atomic E-state index is -0.730. The molecule has 1 aromatic carbocycles. The zero-order valence-electron chi connectivity index (χ0n) is 14.9. The van der Waals surface area contributed by atoms with E-state index >= 15 is 0 Å². The van der Waals surface area contributed by atoms with E-state index in [2.05, 4.69) is 27.7 Å². The standard InChI is InChI=1S/C19H31N3O2/c1-22(2)14-17(13-16-9-5-3-6-10-16)21-18(23)20-15-19(24)11-7-4-8-12-19/h3,5-6,9-10,17,24H,4,7-8,11-15H2,1-2H3,(H2,20,21,23). The van der Waals surface area contributed by atoms with E-state index in [1.807, 2.05) is 32.3 Å². The van der Waals surface area contributed by atoms with Crippen molar-refractivity contribution in [3.8, 4) is 0 Å². The molecule has 134 valence electrons. The first-order chi connectivity index (χ1) is 11.5. The Morgan fingerprint density at radius 3 is 2.50 bits per heavy atom. The van der Waals surface area contributed by atoms with Crippen molar-refractivity contribution < 1.29 is 9.90 Å². The number of carbonyl (C=O) groups is 1. The maximum Gasteiger partial charge on any atom is 0.315 e. The molecule has 0 radical (unpaired) electrons. The number of amides is 2. The van der Waals surface area contributed by atoms with Crippen LogP contribution in [-0.4, -0.2) is 54.9 Å². The number of hydrogen-bond acceptors (Lipinski definition) is 3. The fourth-order valence-electron chi connectivity index (χ4n) is 3.37. The van der Waals surface area contributed by atoms with Crippen LogP contribution in [0.3, 0.4) is 0 Å². The summed E-state index contributed by atoms with van der Waals surface area (Å²) < 4.78 is 0. The Morgan fingerprint density at radius 1 is 1.21 bits per heavy atom. The molecule has 0 aromatic heterocycles. The molecule has 5 heteroatoms. The number of rotatable bonds is 7. The smallest absolute Gasteiger partial charge is 0.315 e. The summed E-state index contributed by atoms with van der Waals surface area (Å²) in [7, 11) is 4.00. The third-order valence-electron chi connectivity index (χ3n) is 4.61. The third-order valence-corrected chi connectivity index (χ3v) is 4.61. The van der Waals surface area contributed by atoms with Gasteiger partial charge >= 0.3 is 6.03 Å². The largest absolute Gasteiger partial charge is 0.388 e. The highest BCUT2D eigenvalue weighted by molar-refractivity contribution is 5.74. The Labute approximate surface area is 145 Å². The van der Waals surface area contributed by atoms with Gasteiger partial charge in [0.2, 0.25) is 0 Å². The van der Waals surface area contributed by atoms with Crippen molar-refractivity contribution in [1.29, 1.82) is 0 Å². The summed E-state index contributed by atoms with van der Waals surface area (Å²) >= 11 is 0. The summed E-state index contributed by atoms with van der Waals surface area (Å²) in [5, 5.41) is 16.4. The fraction of sp³-hybridized carbons (Fsp3) is 0.632. The summed E-state index contributed by atoms with van der Waals surface area (Å²) in [5.41, 5.74) is 0.474. The average Bonchev–Trinajstić information content (AvgIpc) is 2.54. The predicted octanol–water partition coefficient (Wildman–Crippen LogP) is 2.15. The lowest BCUT2D eigenvalue weighted by Crippen LogP contribution is -2.51. The van der Waals surface area contributed by atoms with E-state index in [0.29, 0.717) is 6.54 Å². The lowest BCUT2D eigenvalue weighted by atomic mass is 9.85. The number of nitrogens with one attached hydrogen (secondary N) is 2. The molecule has 0 heterocycles. The summed E-state index contributed by atoms with van der Waals surface area (Å²) in [5.74, 6) is 0. The van der Waals surface area contributed by atoms with Crippen molar-refractivity contribution in [2.75, 3.05) is 27.2 Å². The first kappa shape index (κ1) is 18.7. The zero-order chi connectivity index (χ0) is 17.4. The average molecular weight is 333 g/mol. The molecule has 1 aliphatic carbocycles. The van der Waals surface area contributed by atoms with Gasteiger partial charge in [0.25, 0.3) is 0 Å². The molecular weight excluding hydrogens is 302 g/mol.